The monoisotopic (exact) mass is 246 g/mol. The van der Waals surface area contributed by atoms with E-state index >= 15 is 0 Å². The summed E-state index contributed by atoms with van der Waals surface area (Å²) in [6.07, 6.45) is 1.92. The molecule has 18 heavy (non-hydrogen) atoms. The molecule has 1 aromatic carbocycles. The molecule has 3 nitrogen and oxygen atoms in total. The maximum Gasteiger partial charge on any atom is 0.230 e. The number of carbonyl (C=O) groups excluding carboxylic acids is 1. The van der Waals surface area contributed by atoms with Gasteiger partial charge in [0.05, 0.1) is 0 Å². The van der Waals surface area contributed by atoms with Crippen LogP contribution in [0.1, 0.15) is 25.3 Å². The third-order valence-corrected chi connectivity index (χ3v) is 3.62. The highest BCUT2D eigenvalue weighted by Crippen LogP contribution is 2.21. The summed E-state index contributed by atoms with van der Waals surface area (Å²) in [5.41, 5.74) is 2.25. The van der Waals surface area contributed by atoms with Crippen LogP contribution in [0, 0.1) is 12.8 Å². The summed E-state index contributed by atoms with van der Waals surface area (Å²) < 4.78 is 0. The molecule has 1 heterocycles. The van der Waals surface area contributed by atoms with Crippen LogP contribution in [-0.4, -0.2) is 25.5 Å². The average molecular weight is 246 g/mol. The standard InChI is InChI=1S/C15H22N2O/c1-3-17(14-6-4-12(2)5-7-14)15(18)13-8-10-16-11-9-13/h4-7,13,16H,3,8-11H2,1-2H3. The molecule has 0 atom stereocenters. The fourth-order valence-corrected chi connectivity index (χ4v) is 2.48. The molecule has 2 rings (SSSR count). The third-order valence-electron chi connectivity index (χ3n) is 3.62. The number of aryl methyl sites for hydroxylation is 1. The molecule has 1 aliphatic rings. The van der Waals surface area contributed by atoms with Crippen molar-refractivity contribution in [1.82, 2.24) is 5.32 Å². The largest absolute Gasteiger partial charge is 0.317 e. The van der Waals surface area contributed by atoms with Gasteiger partial charge in [-0.15, -0.1) is 0 Å². The Kier molecular flexibility index (Phi) is 4.37. The first-order valence-corrected chi connectivity index (χ1v) is 6.81. The molecule has 0 aromatic heterocycles. The molecule has 1 fully saturated rings. The van der Waals surface area contributed by atoms with E-state index in [2.05, 4.69) is 24.4 Å². The topological polar surface area (TPSA) is 32.3 Å². The molecule has 0 unspecified atom stereocenters. The fourth-order valence-electron chi connectivity index (χ4n) is 2.48. The second kappa shape index (κ2) is 6.01. The molecule has 1 aromatic rings. The van der Waals surface area contributed by atoms with E-state index < -0.39 is 0 Å². The van der Waals surface area contributed by atoms with Crippen molar-refractivity contribution < 1.29 is 4.79 Å². The lowest BCUT2D eigenvalue weighted by molar-refractivity contribution is -0.123. The summed E-state index contributed by atoms with van der Waals surface area (Å²) >= 11 is 0. The number of nitrogens with zero attached hydrogens (tertiary/aromatic N) is 1. The van der Waals surface area contributed by atoms with Crippen molar-refractivity contribution in [2.45, 2.75) is 26.7 Å². The Morgan fingerprint density at radius 1 is 1.28 bits per heavy atom. The van der Waals surface area contributed by atoms with Gasteiger partial charge in [-0.3, -0.25) is 4.79 Å². The highest BCUT2D eigenvalue weighted by molar-refractivity contribution is 5.95. The van der Waals surface area contributed by atoms with Crippen LogP contribution in [-0.2, 0) is 4.79 Å². The number of rotatable bonds is 3. The molecule has 0 radical (unpaired) electrons. The molecule has 98 valence electrons. The van der Waals surface area contributed by atoms with Crippen molar-refractivity contribution in [2.75, 3.05) is 24.5 Å². The van der Waals surface area contributed by atoms with E-state index in [0.717, 1.165) is 38.2 Å². The molecule has 1 saturated heterocycles. The molecule has 1 aliphatic heterocycles. The Labute approximate surface area is 109 Å². The molecular formula is C15H22N2O. The predicted molar refractivity (Wildman–Crippen MR) is 74.8 cm³/mol. The molecule has 1 amide bonds. The number of carbonyl (C=O) groups is 1. The van der Waals surface area contributed by atoms with E-state index in [4.69, 9.17) is 0 Å². The van der Waals surface area contributed by atoms with E-state index in [-0.39, 0.29) is 11.8 Å². The summed E-state index contributed by atoms with van der Waals surface area (Å²) in [5.74, 6) is 0.468. The highest BCUT2D eigenvalue weighted by Gasteiger charge is 2.25. The number of amides is 1. The first-order valence-electron chi connectivity index (χ1n) is 6.81. The van der Waals surface area contributed by atoms with E-state index in [1.54, 1.807) is 0 Å². The van der Waals surface area contributed by atoms with E-state index in [1.807, 2.05) is 24.0 Å². The zero-order chi connectivity index (χ0) is 13.0. The second-order valence-corrected chi connectivity index (χ2v) is 4.94. The summed E-state index contributed by atoms with van der Waals surface area (Å²) in [6.45, 7) is 6.77. The maximum atomic E-state index is 12.5. The molecule has 1 N–H and O–H groups in total. The lowest BCUT2D eigenvalue weighted by Gasteiger charge is -2.29. The Bertz CT molecular complexity index is 393. The van der Waals surface area contributed by atoms with Crippen LogP contribution in [0.15, 0.2) is 24.3 Å². The number of hydrogen-bond donors (Lipinski definition) is 1. The van der Waals surface area contributed by atoms with Gasteiger partial charge in [-0.25, -0.2) is 0 Å². The van der Waals surface area contributed by atoms with Crippen molar-refractivity contribution in [3.63, 3.8) is 0 Å². The van der Waals surface area contributed by atoms with Crippen LogP contribution in [0.5, 0.6) is 0 Å². The number of piperidine rings is 1. The molecular weight excluding hydrogens is 224 g/mol. The normalized spacial score (nSPS) is 16.6. The zero-order valence-electron chi connectivity index (χ0n) is 11.3. The number of nitrogens with one attached hydrogen (secondary N) is 1. The van der Waals surface area contributed by atoms with E-state index in [9.17, 15) is 4.79 Å². The SMILES string of the molecule is CCN(C(=O)C1CCNCC1)c1ccc(C)cc1. The lowest BCUT2D eigenvalue weighted by Crippen LogP contribution is -2.41. The van der Waals surface area contributed by atoms with Gasteiger partial charge in [0.2, 0.25) is 5.91 Å². The Morgan fingerprint density at radius 3 is 2.44 bits per heavy atom. The first-order chi connectivity index (χ1) is 8.72. The van der Waals surface area contributed by atoms with E-state index in [0.29, 0.717) is 0 Å². The van der Waals surface area contributed by atoms with Gasteiger partial charge in [0.25, 0.3) is 0 Å². The average Bonchev–Trinajstić information content (AvgIpc) is 2.42. The minimum absolute atomic E-state index is 0.188. The van der Waals surface area contributed by atoms with Crippen molar-refractivity contribution in [3.05, 3.63) is 29.8 Å². The van der Waals surface area contributed by atoms with Crippen LogP contribution in [0.4, 0.5) is 5.69 Å². The predicted octanol–water partition coefficient (Wildman–Crippen LogP) is 2.35. The summed E-state index contributed by atoms with van der Waals surface area (Å²) in [5, 5.41) is 3.30. The number of anilines is 1. The van der Waals surface area contributed by atoms with Gasteiger partial charge in [0.15, 0.2) is 0 Å². The van der Waals surface area contributed by atoms with Gasteiger partial charge in [-0.1, -0.05) is 17.7 Å². The van der Waals surface area contributed by atoms with Gasteiger partial charge >= 0.3 is 0 Å². The molecule has 0 spiro atoms. The fraction of sp³-hybridized carbons (Fsp3) is 0.533. The molecule has 3 heteroatoms. The Morgan fingerprint density at radius 2 is 1.89 bits per heavy atom. The molecule has 0 aliphatic carbocycles. The van der Waals surface area contributed by atoms with Crippen molar-refractivity contribution in [2.24, 2.45) is 5.92 Å². The number of benzene rings is 1. The van der Waals surface area contributed by atoms with Crippen LogP contribution in [0.25, 0.3) is 0 Å². The molecule has 0 saturated carbocycles. The highest BCUT2D eigenvalue weighted by atomic mass is 16.2. The quantitative estimate of drug-likeness (QED) is 0.888. The maximum absolute atomic E-state index is 12.5. The van der Waals surface area contributed by atoms with Gasteiger partial charge in [-0.2, -0.15) is 0 Å². The first kappa shape index (κ1) is 13.1. The van der Waals surface area contributed by atoms with Gasteiger partial charge in [0, 0.05) is 18.2 Å². The smallest absolute Gasteiger partial charge is 0.230 e. The second-order valence-electron chi connectivity index (χ2n) is 4.94. The Hall–Kier alpha value is -1.35. The van der Waals surface area contributed by atoms with Gasteiger partial charge in [0.1, 0.15) is 0 Å². The van der Waals surface area contributed by atoms with Crippen molar-refractivity contribution in [3.8, 4) is 0 Å². The van der Waals surface area contributed by atoms with Crippen LogP contribution in [0.2, 0.25) is 0 Å². The summed E-state index contributed by atoms with van der Waals surface area (Å²) in [6, 6.07) is 8.21. The zero-order valence-corrected chi connectivity index (χ0v) is 11.3. The van der Waals surface area contributed by atoms with Crippen molar-refractivity contribution >= 4 is 11.6 Å². The third kappa shape index (κ3) is 2.91. The summed E-state index contributed by atoms with van der Waals surface area (Å²) in [7, 11) is 0. The van der Waals surface area contributed by atoms with E-state index in [1.165, 1.54) is 5.56 Å². The van der Waals surface area contributed by atoms with Gasteiger partial charge in [-0.05, 0) is 51.9 Å². The summed E-state index contributed by atoms with van der Waals surface area (Å²) in [4.78, 5) is 14.4. The number of hydrogen-bond acceptors (Lipinski definition) is 2. The minimum atomic E-state index is 0.188. The Balaban J connectivity index is 2.12. The van der Waals surface area contributed by atoms with Gasteiger partial charge < -0.3 is 10.2 Å². The van der Waals surface area contributed by atoms with Crippen LogP contribution in [0.3, 0.4) is 0 Å². The van der Waals surface area contributed by atoms with Crippen LogP contribution < -0.4 is 10.2 Å². The molecule has 0 bridgehead atoms. The van der Waals surface area contributed by atoms with Crippen LogP contribution >= 0.6 is 0 Å². The lowest BCUT2D eigenvalue weighted by atomic mass is 9.96. The van der Waals surface area contributed by atoms with Crippen molar-refractivity contribution in [1.29, 1.82) is 0 Å². The minimum Gasteiger partial charge on any atom is -0.317 e.